The Hall–Kier alpha value is -2.59. The monoisotopic (exact) mass is 546 g/mol. The van der Waals surface area contributed by atoms with Crippen LogP contribution in [-0.4, -0.2) is 56.9 Å². The highest BCUT2D eigenvalue weighted by atomic mass is 79.9. The number of benzene rings is 3. The summed E-state index contributed by atoms with van der Waals surface area (Å²) in [5, 5.41) is 0. The molecule has 3 aromatic rings. The second kappa shape index (κ2) is 10.4. The van der Waals surface area contributed by atoms with E-state index in [9.17, 15) is 17.6 Å². The minimum Gasteiger partial charge on any atom is -0.465 e. The first-order valence-electron chi connectivity index (χ1n) is 10.7. The number of hydrogen-bond donors (Lipinski definition) is 0. The molecule has 34 heavy (non-hydrogen) atoms. The third-order valence-corrected chi connectivity index (χ3v) is 8.77. The van der Waals surface area contributed by atoms with Crippen molar-refractivity contribution in [2.75, 3.05) is 33.3 Å². The highest BCUT2D eigenvalue weighted by Crippen LogP contribution is 2.32. The number of carbonyl (C=O) groups excluding carboxylic acids is 1. The van der Waals surface area contributed by atoms with E-state index in [-0.39, 0.29) is 28.5 Å². The summed E-state index contributed by atoms with van der Waals surface area (Å²) in [4.78, 5) is 14.0. The molecule has 0 saturated carbocycles. The highest BCUT2D eigenvalue weighted by molar-refractivity contribution is 9.10. The van der Waals surface area contributed by atoms with Gasteiger partial charge in [-0.2, -0.15) is 4.31 Å². The molecule has 0 amide bonds. The Morgan fingerprint density at radius 2 is 1.47 bits per heavy atom. The molecule has 9 heteroatoms. The van der Waals surface area contributed by atoms with Gasteiger partial charge in [-0.15, -0.1) is 0 Å². The summed E-state index contributed by atoms with van der Waals surface area (Å²) in [5.41, 5.74) is 1.85. The molecule has 3 aromatic carbocycles. The summed E-state index contributed by atoms with van der Waals surface area (Å²) in [6.45, 7) is 1.54. The molecule has 1 aliphatic heterocycles. The third-order valence-electron chi connectivity index (χ3n) is 5.91. The van der Waals surface area contributed by atoms with Gasteiger partial charge in [0.05, 0.1) is 23.6 Å². The number of hydrogen-bond acceptors (Lipinski definition) is 5. The van der Waals surface area contributed by atoms with E-state index >= 15 is 0 Å². The van der Waals surface area contributed by atoms with Gasteiger partial charge in [-0.3, -0.25) is 4.90 Å². The average molecular weight is 547 g/mol. The van der Waals surface area contributed by atoms with E-state index in [0.717, 1.165) is 30.4 Å². The van der Waals surface area contributed by atoms with E-state index in [1.54, 1.807) is 0 Å². The average Bonchev–Trinajstić information content (AvgIpc) is 2.85. The van der Waals surface area contributed by atoms with Crippen molar-refractivity contribution in [1.29, 1.82) is 0 Å². The number of carbonyl (C=O) groups is 1. The summed E-state index contributed by atoms with van der Waals surface area (Å²) in [6, 6.07) is 22.2. The molecule has 0 unspecified atom stereocenters. The van der Waals surface area contributed by atoms with Crippen LogP contribution in [0, 0.1) is 5.82 Å². The first-order valence-corrected chi connectivity index (χ1v) is 13.0. The second-order valence-electron chi connectivity index (χ2n) is 7.92. The maximum atomic E-state index is 14.2. The number of esters is 1. The maximum absolute atomic E-state index is 14.2. The molecule has 0 aliphatic carbocycles. The van der Waals surface area contributed by atoms with Crippen molar-refractivity contribution in [1.82, 2.24) is 9.21 Å². The van der Waals surface area contributed by atoms with E-state index in [1.807, 2.05) is 36.4 Å². The molecule has 0 atom stereocenters. The quantitative estimate of drug-likeness (QED) is 0.427. The zero-order chi connectivity index (χ0) is 24.3. The highest BCUT2D eigenvalue weighted by Gasteiger charge is 2.34. The van der Waals surface area contributed by atoms with Crippen LogP contribution >= 0.6 is 15.9 Å². The molecule has 178 valence electrons. The normalized spacial score (nSPS) is 15.4. The third kappa shape index (κ3) is 4.93. The van der Waals surface area contributed by atoms with Crippen LogP contribution in [0.25, 0.3) is 0 Å². The Labute approximate surface area is 207 Å². The first kappa shape index (κ1) is 24.5. The minimum absolute atomic E-state index is 0.00395. The fourth-order valence-electron chi connectivity index (χ4n) is 4.22. The van der Waals surface area contributed by atoms with Crippen LogP contribution in [0.4, 0.5) is 4.39 Å². The topological polar surface area (TPSA) is 66.9 Å². The van der Waals surface area contributed by atoms with E-state index < -0.39 is 27.4 Å². The molecule has 1 saturated heterocycles. The van der Waals surface area contributed by atoms with Gasteiger partial charge in [0.1, 0.15) is 5.82 Å². The van der Waals surface area contributed by atoms with Gasteiger partial charge in [0, 0.05) is 30.7 Å². The zero-order valence-electron chi connectivity index (χ0n) is 18.5. The van der Waals surface area contributed by atoms with Crippen molar-refractivity contribution >= 4 is 31.9 Å². The fourth-order valence-corrected chi connectivity index (χ4v) is 6.64. The summed E-state index contributed by atoms with van der Waals surface area (Å²) >= 11 is 3.14. The van der Waals surface area contributed by atoms with Crippen LogP contribution in [0.5, 0.6) is 0 Å². The van der Waals surface area contributed by atoms with Gasteiger partial charge in [-0.05, 0) is 39.2 Å². The molecular weight excluding hydrogens is 523 g/mol. The lowest BCUT2D eigenvalue weighted by molar-refractivity contribution is 0.0595. The minimum atomic E-state index is -3.97. The standard InChI is InChI=1S/C25H24BrFN2O4S/c1-33-25(30)20-16-23(21(26)17-22(20)27)34(31,32)29-14-12-28(13-15-29)24(18-8-4-2-5-9-18)19-10-6-3-7-11-19/h2-11,16-17,24H,12-15H2,1H3. The Bertz CT molecular complexity index is 1230. The van der Waals surface area contributed by atoms with Gasteiger partial charge in [-0.1, -0.05) is 60.7 Å². The molecule has 0 aromatic heterocycles. The van der Waals surface area contributed by atoms with Crippen LogP contribution in [-0.2, 0) is 14.8 Å². The largest absolute Gasteiger partial charge is 0.465 e. The lowest BCUT2D eigenvalue weighted by Gasteiger charge is -2.39. The van der Waals surface area contributed by atoms with Crippen molar-refractivity contribution in [3.05, 3.63) is 99.8 Å². The number of sulfonamides is 1. The predicted octanol–water partition coefficient (Wildman–Crippen LogP) is 4.47. The lowest BCUT2D eigenvalue weighted by Crippen LogP contribution is -2.49. The van der Waals surface area contributed by atoms with Crippen molar-refractivity contribution < 1.29 is 22.3 Å². The fraction of sp³-hybridized carbons (Fsp3) is 0.240. The Balaban J connectivity index is 1.59. The molecular formula is C25H24BrFN2O4S. The number of halogens is 2. The molecule has 1 fully saturated rings. The van der Waals surface area contributed by atoms with Crippen LogP contribution in [0.15, 0.2) is 82.2 Å². The summed E-state index contributed by atoms with van der Waals surface area (Å²) in [5.74, 6) is -1.78. The van der Waals surface area contributed by atoms with Crippen molar-refractivity contribution in [2.45, 2.75) is 10.9 Å². The number of rotatable bonds is 6. The van der Waals surface area contributed by atoms with Crippen LogP contribution in [0.3, 0.4) is 0 Å². The van der Waals surface area contributed by atoms with Gasteiger partial charge in [0.15, 0.2) is 0 Å². The van der Waals surface area contributed by atoms with Crippen molar-refractivity contribution in [3.8, 4) is 0 Å². The smallest absolute Gasteiger partial charge is 0.340 e. The Kier molecular flexibility index (Phi) is 7.47. The molecule has 0 N–H and O–H groups in total. The summed E-state index contributed by atoms with van der Waals surface area (Å²) in [7, 11) is -2.85. The maximum Gasteiger partial charge on any atom is 0.340 e. The molecule has 0 spiro atoms. The van der Waals surface area contributed by atoms with Gasteiger partial charge < -0.3 is 4.74 Å². The van der Waals surface area contributed by atoms with Crippen molar-refractivity contribution in [2.24, 2.45) is 0 Å². The Morgan fingerprint density at radius 3 is 1.97 bits per heavy atom. The van der Waals surface area contributed by atoms with Gasteiger partial charge in [-0.25, -0.2) is 17.6 Å². The van der Waals surface area contributed by atoms with Gasteiger partial charge in [0.2, 0.25) is 10.0 Å². The van der Waals surface area contributed by atoms with E-state index in [0.29, 0.717) is 13.1 Å². The molecule has 0 radical (unpaired) electrons. The molecule has 1 aliphatic rings. The van der Waals surface area contributed by atoms with Crippen LogP contribution < -0.4 is 0 Å². The van der Waals surface area contributed by atoms with Crippen molar-refractivity contribution in [3.63, 3.8) is 0 Å². The number of piperazine rings is 1. The molecule has 1 heterocycles. The van der Waals surface area contributed by atoms with Crippen LogP contribution in [0.2, 0.25) is 0 Å². The molecule has 4 rings (SSSR count). The number of ether oxygens (including phenoxy) is 1. The second-order valence-corrected chi connectivity index (χ2v) is 10.7. The SMILES string of the molecule is COC(=O)c1cc(S(=O)(=O)N2CCN(C(c3ccccc3)c3ccccc3)CC2)c(Br)cc1F. The summed E-state index contributed by atoms with van der Waals surface area (Å²) in [6.07, 6.45) is 0. The molecule has 6 nitrogen and oxygen atoms in total. The Morgan fingerprint density at radius 1 is 0.941 bits per heavy atom. The zero-order valence-corrected chi connectivity index (χ0v) is 20.9. The lowest BCUT2D eigenvalue weighted by atomic mass is 9.96. The predicted molar refractivity (Wildman–Crippen MR) is 130 cm³/mol. The van der Waals surface area contributed by atoms with E-state index in [2.05, 4.69) is 49.8 Å². The van der Waals surface area contributed by atoms with E-state index in [1.165, 1.54) is 4.31 Å². The van der Waals surface area contributed by atoms with E-state index in [4.69, 9.17) is 0 Å². The summed E-state index contributed by atoms with van der Waals surface area (Å²) < 4.78 is 47.0. The first-order chi connectivity index (χ1) is 16.3. The van der Waals surface area contributed by atoms with Gasteiger partial charge in [0.25, 0.3) is 0 Å². The number of nitrogens with zero attached hydrogens (tertiary/aromatic N) is 2. The van der Waals surface area contributed by atoms with Gasteiger partial charge >= 0.3 is 5.97 Å². The van der Waals surface area contributed by atoms with Crippen LogP contribution in [0.1, 0.15) is 27.5 Å². The molecule has 0 bridgehead atoms. The number of methoxy groups -OCH3 is 1.